The van der Waals surface area contributed by atoms with E-state index < -0.39 is 4.92 Å². The first-order valence-corrected chi connectivity index (χ1v) is 8.01. The molecule has 134 valence electrons. The number of rotatable bonds is 5. The van der Waals surface area contributed by atoms with Gasteiger partial charge in [-0.05, 0) is 18.2 Å². The summed E-state index contributed by atoms with van der Waals surface area (Å²) in [6.45, 7) is 0.267. The Hall–Kier alpha value is -3.42. The van der Waals surface area contributed by atoms with E-state index in [-0.39, 0.29) is 23.7 Å². The van der Waals surface area contributed by atoms with Gasteiger partial charge in [-0.1, -0.05) is 12.1 Å². The zero-order valence-electron chi connectivity index (χ0n) is 14.8. The number of aromatic nitrogens is 2. The normalized spacial score (nSPS) is 10.7. The third-order valence-corrected chi connectivity index (χ3v) is 4.08. The molecule has 1 N–H and O–H groups in total. The topological polar surface area (TPSA) is 95.4 Å². The average molecular weight is 353 g/mol. The van der Waals surface area contributed by atoms with E-state index in [2.05, 4.69) is 9.97 Å². The summed E-state index contributed by atoms with van der Waals surface area (Å²) in [6, 6.07) is 11.9. The summed E-state index contributed by atoms with van der Waals surface area (Å²) in [4.78, 5) is 34.3. The summed E-state index contributed by atoms with van der Waals surface area (Å²) in [5.41, 5.74) is 2.51. The van der Waals surface area contributed by atoms with Gasteiger partial charge in [-0.15, -0.1) is 0 Å². The smallest absolute Gasteiger partial charge is 0.270 e. The molecule has 8 heteroatoms. The number of non-ortho nitro benzene ring substituents is 1. The molecule has 1 heterocycles. The van der Waals surface area contributed by atoms with Gasteiger partial charge in [0.2, 0.25) is 0 Å². The standard InChI is InChI=1S/C18H19N5O3/c1-21(2)16-9-8-12(23(25)26)10-13(16)18(24)22(3)11-17-19-14-6-4-5-7-15(14)20-17/h4-10H,11H2,1-3H3,(H,19,20). The Balaban J connectivity index is 1.89. The Morgan fingerprint density at radius 2 is 1.92 bits per heavy atom. The molecule has 0 fully saturated rings. The van der Waals surface area contributed by atoms with Crippen LogP contribution in [0.2, 0.25) is 0 Å². The number of hydrogen-bond donors (Lipinski definition) is 1. The van der Waals surface area contributed by atoms with Crippen LogP contribution in [-0.2, 0) is 6.54 Å². The number of nitrogens with zero attached hydrogens (tertiary/aromatic N) is 4. The van der Waals surface area contributed by atoms with Crippen LogP contribution in [0.3, 0.4) is 0 Å². The third kappa shape index (κ3) is 3.34. The van der Waals surface area contributed by atoms with E-state index in [1.54, 1.807) is 32.1 Å². The quantitative estimate of drug-likeness (QED) is 0.562. The van der Waals surface area contributed by atoms with Crippen molar-refractivity contribution in [1.29, 1.82) is 0 Å². The van der Waals surface area contributed by atoms with Crippen LogP contribution >= 0.6 is 0 Å². The van der Waals surface area contributed by atoms with Crippen LogP contribution in [0, 0.1) is 10.1 Å². The van der Waals surface area contributed by atoms with Gasteiger partial charge in [0.1, 0.15) is 5.82 Å². The first kappa shape index (κ1) is 17.4. The van der Waals surface area contributed by atoms with Crippen LogP contribution in [0.25, 0.3) is 11.0 Å². The molecule has 0 unspecified atom stereocenters. The van der Waals surface area contributed by atoms with Crippen molar-refractivity contribution in [3.8, 4) is 0 Å². The van der Waals surface area contributed by atoms with Gasteiger partial charge in [0, 0.05) is 39.0 Å². The predicted molar refractivity (Wildman–Crippen MR) is 99.3 cm³/mol. The second kappa shape index (κ2) is 6.83. The Morgan fingerprint density at radius 1 is 1.19 bits per heavy atom. The van der Waals surface area contributed by atoms with E-state index in [0.717, 1.165) is 11.0 Å². The van der Waals surface area contributed by atoms with Crippen molar-refractivity contribution in [2.24, 2.45) is 0 Å². The van der Waals surface area contributed by atoms with Crippen LogP contribution in [0.4, 0.5) is 11.4 Å². The van der Waals surface area contributed by atoms with Gasteiger partial charge >= 0.3 is 0 Å². The SMILES string of the molecule is CN(Cc1nc2ccccc2[nH]1)C(=O)c1cc([N+](=O)[O-])ccc1N(C)C. The molecule has 1 amide bonds. The number of anilines is 1. The highest BCUT2D eigenvalue weighted by atomic mass is 16.6. The van der Waals surface area contributed by atoms with Crippen molar-refractivity contribution in [3.63, 3.8) is 0 Å². The second-order valence-corrected chi connectivity index (χ2v) is 6.21. The molecule has 0 saturated heterocycles. The number of nitrogens with one attached hydrogen (secondary N) is 1. The molecule has 3 rings (SSSR count). The fraction of sp³-hybridized carbons (Fsp3) is 0.222. The van der Waals surface area contributed by atoms with Gasteiger partial charge in [-0.2, -0.15) is 0 Å². The van der Waals surface area contributed by atoms with E-state index in [1.165, 1.54) is 17.0 Å². The van der Waals surface area contributed by atoms with Gasteiger partial charge in [0.05, 0.1) is 28.1 Å². The lowest BCUT2D eigenvalue weighted by Crippen LogP contribution is -2.28. The Labute approximate surface area is 150 Å². The van der Waals surface area contributed by atoms with E-state index >= 15 is 0 Å². The molecule has 2 aromatic carbocycles. The van der Waals surface area contributed by atoms with Crippen LogP contribution in [0.5, 0.6) is 0 Å². The summed E-state index contributed by atoms with van der Waals surface area (Å²) in [7, 11) is 5.22. The summed E-state index contributed by atoms with van der Waals surface area (Å²) in [5.74, 6) is 0.344. The molecule has 0 radical (unpaired) electrons. The second-order valence-electron chi connectivity index (χ2n) is 6.21. The molecule has 0 aliphatic rings. The lowest BCUT2D eigenvalue weighted by molar-refractivity contribution is -0.384. The number of nitro benzene ring substituents is 1. The van der Waals surface area contributed by atoms with Crippen molar-refractivity contribution < 1.29 is 9.72 Å². The number of carbonyl (C=O) groups is 1. The van der Waals surface area contributed by atoms with Crippen LogP contribution in [-0.4, -0.2) is 46.8 Å². The average Bonchev–Trinajstić information content (AvgIpc) is 3.02. The van der Waals surface area contributed by atoms with Crippen molar-refractivity contribution in [2.75, 3.05) is 26.0 Å². The Bertz CT molecular complexity index is 947. The molecule has 0 atom stereocenters. The highest BCUT2D eigenvalue weighted by molar-refractivity contribution is 6.00. The maximum absolute atomic E-state index is 12.9. The van der Waals surface area contributed by atoms with Crippen LogP contribution < -0.4 is 4.90 Å². The van der Waals surface area contributed by atoms with Crippen molar-refractivity contribution in [2.45, 2.75) is 6.54 Å². The Kier molecular flexibility index (Phi) is 4.57. The van der Waals surface area contributed by atoms with Crippen LogP contribution in [0.15, 0.2) is 42.5 Å². The van der Waals surface area contributed by atoms with E-state index in [0.29, 0.717) is 11.5 Å². The Morgan fingerprint density at radius 3 is 2.58 bits per heavy atom. The van der Waals surface area contributed by atoms with Gasteiger partial charge in [0.15, 0.2) is 0 Å². The number of imidazole rings is 1. The highest BCUT2D eigenvalue weighted by Crippen LogP contribution is 2.25. The number of H-pyrrole nitrogens is 1. The maximum Gasteiger partial charge on any atom is 0.270 e. The fourth-order valence-electron chi connectivity index (χ4n) is 2.78. The summed E-state index contributed by atoms with van der Waals surface area (Å²) in [6.07, 6.45) is 0. The first-order valence-electron chi connectivity index (χ1n) is 8.01. The number of carbonyl (C=O) groups excluding carboxylic acids is 1. The lowest BCUT2D eigenvalue weighted by atomic mass is 10.1. The monoisotopic (exact) mass is 353 g/mol. The summed E-state index contributed by atoms with van der Waals surface area (Å²) in [5, 5.41) is 11.1. The molecule has 3 aromatic rings. The first-order chi connectivity index (χ1) is 12.4. The summed E-state index contributed by atoms with van der Waals surface area (Å²) >= 11 is 0. The van der Waals surface area contributed by atoms with Crippen LogP contribution in [0.1, 0.15) is 16.2 Å². The van der Waals surface area contributed by atoms with Gasteiger partial charge in [0.25, 0.3) is 11.6 Å². The van der Waals surface area contributed by atoms with Crippen molar-refractivity contribution in [1.82, 2.24) is 14.9 Å². The van der Waals surface area contributed by atoms with Crippen molar-refractivity contribution >= 4 is 28.3 Å². The van der Waals surface area contributed by atoms with Gasteiger partial charge in [-0.3, -0.25) is 14.9 Å². The fourth-order valence-corrected chi connectivity index (χ4v) is 2.78. The minimum atomic E-state index is -0.504. The van der Waals surface area contributed by atoms with E-state index in [4.69, 9.17) is 0 Å². The zero-order valence-corrected chi connectivity index (χ0v) is 14.8. The molecular formula is C18H19N5O3. The van der Waals surface area contributed by atoms with Gasteiger partial charge in [-0.25, -0.2) is 4.98 Å². The maximum atomic E-state index is 12.9. The third-order valence-electron chi connectivity index (χ3n) is 4.08. The molecule has 0 saturated carbocycles. The zero-order chi connectivity index (χ0) is 18.8. The molecule has 26 heavy (non-hydrogen) atoms. The molecule has 0 aliphatic carbocycles. The number of amides is 1. The minimum absolute atomic E-state index is 0.115. The number of para-hydroxylation sites is 2. The molecule has 0 bridgehead atoms. The minimum Gasteiger partial charge on any atom is -0.377 e. The molecular weight excluding hydrogens is 334 g/mol. The van der Waals surface area contributed by atoms with Gasteiger partial charge < -0.3 is 14.8 Å². The van der Waals surface area contributed by atoms with Crippen molar-refractivity contribution in [3.05, 3.63) is 64.0 Å². The number of hydrogen-bond acceptors (Lipinski definition) is 5. The molecule has 0 spiro atoms. The highest BCUT2D eigenvalue weighted by Gasteiger charge is 2.21. The number of benzene rings is 2. The summed E-state index contributed by atoms with van der Waals surface area (Å²) < 4.78 is 0. The molecule has 8 nitrogen and oxygen atoms in total. The molecule has 0 aliphatic heterocycles. The largest absolute Gasteiger partial charge is 0.377 e. The van der Waals surface area contributed by atoms with E-state index in [1.807, 2.05) is 24.3 Å². The number of fused-ring (bicyclic) bond motifs is 1. The lowest BCUT2D eigenvalue weighted by Gasteiger charge is -2.21. The van der Waals surface area contributed by atoms with E-state index in [9.17, 15) is 14.9 Å². The molecule has 1 aromatic heterocycles. The number of nitro groups is 1. The predicted octanol–water partition coefficient (Wildman–Crippen LogP) is 2.81. The number of aromatic amines is 1.